The summed E-state index contributed by atoms with van der Waals surface area (Å²) in [6, 6.07) is 4.01. The molecule has 7 heteroatoms. The quantitative estimate of drug-likeness (QED) is 0.796. The van der Waals surface area contributed by atoms with Crippen LogP contribution in [0.25, 0.3) is 0 Å². The molecule has 0 bridgehead atoms. The van der Waals surface area contributed by atoms with E-state index in [0.717, 1.165) is 11.1 Å². The van der Waals surface area contributed by atoms with Gasteiger partial charge in [-0.15, -0.1) is 0 Å². The number of alkyl carbamates (subject to hydrolysis) is 1. The largest absolute Gasteiger partial charge is 0.467 e. The van der Waals surface area contributed by atoms with E-state index in [9.17, 15) is 14.4 Å². The molecule has 0 saturated carbocycles. The van der Waals surface area contributed by atoms with E-state index in [1.165, 1.54) is 7.11 Å². The minimum atomic E-state index is -0.900. The minimum absolute atomic E-state index is 0.205. The lowest BCUT2D eigenvalue weighted by atomic mass is 9.98. The van der Waals surface area contributed by atoms with Gasteiger partial charge in [-0.05, 0) is 51.0 Å². The molecule has 1 aromatic carbocycles. The lowest BCUT2D eigenvalue weighted by Gasteiger charge is -2.23. The fourth-order valence-corrected chi connectivity index (χ4v) is 2.08. The van der Waals surface area contributed by atoms with Crippen LogP contribution in [0.3, 0.4) is 0 Å². The maximum Gasteiger partial charge on any atom is 0.408 e. The Bertz CT molecular complexity index is 634. The Morgan fingerprint density at radius 1 is 1.25 bits per heavy atom. The molecule has 24 heavy (non-hydrogen) atoms. The van der Waals surface area contributed by atoms with Gasteiger partial charge in [0.15, 0.2) is 0 Å². The van der Waals surface area contributed by atoms with E-state index in [2.05, 4.69) is 5.32 Å². The number of nitrogens with one attached hydrogen (secondary N) is 1. The van der Waals surface area contributed by atoms with Crippen LogP contribution in [0.4, 0.5) is 4.79 Å². The van der Waals surface area contributed by atoms with Gasteiger partial charge in [-0.25, -0.2) is 9.59 Å². The second-order valence-corrected chi connectivity index (χ2v) is 6.43. The van der Waals surface area contributed by atoms with Gasteiger partial charge >= 0.3 is 12.1 Å². The summed E-state index contributed by atoms with van der Waals surface area (Å²) in [5, 5.41) is 2.51. The minimum Gasteiger partial charge on any atom is -0.467 e. The molecule has 0 unspecified atom stereocenters. The third-order valence-electron chi connectivity index (χ3n) is 3.23. The summed E-state index contributed by atoms with van der Waals surface area (Å²) in [5.74, 6) is -1.11. The number of carbonyl (C=O) groups excluding carboxylic acids is 3. The van der Waals surface area contributed by atoms with Crippen molar-refractivity contribution in [3.63, 3.8) is 0 Å². The average Bonchev–Trinajstić information content (AvgIpc) is 2.45. The monoisotopic (exact) mass is 336 g/mol. The maximum atomic E-state index is 11.9. The van der Waals surface area contributed by atoms with E-state index < -0.39 is 29.6 Å². The first kappa shape index (κ1) is 19.5. The summed E-state index contributed by atoms with van der Waals surface area (Å²) in [4.78, 5) is 35.0. The Labute approximate surface area is 141 Å². The molecule has 0 radical (unpaired) electrons. The van der Waals surface area contributed by atoms with E-state index >= 15 is 0 Å². The molecule has 0 aliphatic carbocycles. The highest BCUT2D eigenvalue weighted by molar-refractivity contribution is 5.93. The first-order valence-corrected chi connectivity index (χ1v) is 7.50. The van der Waals surface area contributed by atoms with E-state index in [-0.39, 0.29) is 6.42 Å². The molecule has 0 aliphatic rings. The van der Waals surface area contributed by atoms with Gasteiger partial charge in [0.1, 0.15) is 11.6 Å². The number of rotatable bonds is 5. The topological polar surface area (TPSA) is 108 Å². The van der Waals surface area contributed by atoms with E-state index in [4.69, 9.17) is 15.2 Å². The van der Waals surface area contributed by atoms with Crippen molar-refractivity contribution < 1.29 is 23.9 Å². The molecule has 2 amide bonds. The van der Waals surface area contributed by atoms with Crippen molar-refractivity contribution in [1.29, 1.82) is 0 Å². The molecule has 0 saturated heterocycles. The molecular formula is C17H24N2O5. The Hall–Kier alpha value is -2.57. The number of aryl methyl sites for hydroxylation is 1. The van der Waals surface area contributed by atoms with Crippen molar-refractivity contribution in [1.82, 2.24) is 5.32 Å². The van der Waals surface area contributed by atoms with Crippen molar-refractivity contribution in [2.24, 2.45) is 5.73 Å². The number of ether oxygens (including phenoxy) is 2. The summed E-state index contributed by atoms with van der Waals surface area (Å²) in [6.45, 7) is 6.98. The normalized spacial score (nSPS) is 12.2. The highest BCUT2D eigenvalue weighted by Crippen LogP contribution is 2.14. The second kappa shape index (κ2) is 7.81. The zero-order valence-corrected chi connectivity index (χ0v) is 14.6. The van der Waals surface area contributed by atoms with Crippen molar-refractivity contribution in [2.75, 3.05) is 7.11 Å². The standard InChI is InChI=1S/C17H24N2O5/c1-10-8-12(14(18)20)7-6-11(10)9-13(15(21)23-5)19-16(22)24-17(2,3)4/h6-8,13H,9H2,1-5H3,(H2,18,20)(H,19,22)/t13-/m0/s1. The van der Waals surface area contributed by atoms with Crippen LogP contribution >= 0.6 is 0 Å². The number of hydrogen-bond acceptors (Lipinski definition) is 5. The fraction of sp³-hybridized carbons (Fsp3) is 0.471. The SMILES string of the molecule is COC(=O)[C@H](Cc1ccc(C(N)=O)cc1C)NC(=O)OC(C)(C)C. The van der Waals surface area contributed by atoms with Gasteiger partial charge < -0.3 is 20.5 Å². The fourth-order valence-electron chi connectivity index (χ4n) is 2.08. The molecule has 0 aromatic heterocycles. The third kappa shape index (κ3) is 5.91. The number of carbonyl (C=O) groups is 3. The number of nitrogens with two attached hydrogens (primary N) is 1. The van der Waals surface area contributed by atoms with E-state index in [1.807, 2.05) is 0 Å². The van der Waals surface area contributed by atoms with Crippen molar-refractivity contribution >= 4 is 18.0 Å². The Kier molecular flexibility index (Phi) is 6.34. The molecule has 0 heterocycles. The molecule has 0 fully saturated rings. The molecule has 1 rings (SSSR count). The molecular weight excluding hydrogens is 312 g/mol. The molecule has 1 atom stereocenters. The van der Waals surface area contributed by atoms with Gasteiger partial charge in [0.25, 0.3) is 0 Å². The summed E-state index contributed by atoms with van der Waals surface area (Å²) >= 11 is 0. The number of primary amides is 1. The van der Waals surface area contributed by atoms with Crippen LogP contribution in [-0.4, -0.2) is 36.7 Å². The molecule has 7 nitrogen and oxygen atoms in total. The highest BCUT2D eigenvalue weighted by atomic mass is 16.6. The van der Waals surface area contributed by atoms with Crippen molar-refractivity contribution in [3.05, 3.63) is 34.9 Å². The number of methoxy groups -OCH3 is 1. The Balaban J connectivity index is 2.93. The van der Waals surface area contributed by atoms with Crippen LogP contribution in [-0.2, 0) is 20.7 Å². The first-order valence-electron chi connectivity index (χ1n) is 7.50. The average molecular weight is 336 g/mol. The lowest BCUT2D eigenvalue weighted by molar-refractivity contribution is -0.143. The Morgan fingerprint density at radius 3 is 2.33 bits per heavy atom. The summed E-state index contributed by atoms with van der Waals surface area (Å²) in [7, 11) is 1.25. The van der Waals surface area contributed by atoms with Gasteiger partial charge in [0.2, 0.25) is 5.91 Å². The number of esters is 1. The molecule has 0 spiro atoms. The summed E-state index contributed by atoms with van der Waals surface area (Å²) < 4.78 is 9.90. The summed E-state index contributed by atoms with van der Waals surface area (Å²) in [5.41, 5.74) is 6.51. The highest BCUT2D eigenvalue weighted by Gasteiger charge is 2.25. The van der Waals surface area contributed by atoms with Gasteiger partial charge in [-0.3, -0.25) is 4.79 Å². The number of amides is 2. The van der Waals surface area contributed by atoms with Crippen molar-refractivity contribution in [2.45, 2.75) is 45.8 Å². The van der Waals surface area contributed by atoms with E-state index in [1.54, 1.807) is 45.9 Å². The van der Waals surface area contributed by atoms with Crippen LogP contribution in [0.5, 0.6) is 0 Å². The Morgan fingerprint density at radius 2 is 1.88 bits per heavy atom. The van der Waals surface area contributed by atoms with Gasteiger partial charge in [0.05, 0.1) is 7.11 Å². The summed E-state index contributed by atoms with van der Waals surface area (Å²) in [6.07, 6.45) is -0.499. The van der Waals surface area contributed by atoms with Gasteiger partial charge in [0, 0.05) is 12.0 Å². The number of benzene rings is 1. The van der Waals surface area contributed by atoms with E-state index in [0.29, 0.717) is 5.56 Å². The van der Waals surface area contributed by atoms with Crippen LogP contribution in [0, 0.1) is 6.92 Å². The van der Waals surface area contributed by atoms with Crippen LogP contribution < -0.4 is 11.1 Å². The predicted octanol–water partition coefficient (Wildman–Crippen LogP) is 1.70. The predicted molar refractivity (Wildman–Crippen MR) is 88.6 cm³/mol. The first-order chi connectivity index (χ1) is 11.0. The molecule has 1 aromatic rings. The van der Waals surface area contributed by atoms with Crippen LogP contribution in [0.2, 0.25) is 0 Å². The molecule has 3 N–H and O–H groups in total. The molecule has 132 valence electrons. The second-order valence-electron chi connectivity index (χ2n) is 6.43. The van der Waals surface area contributed by atoms with Gasteiger partial charge in [-0.2, -0.15) is 0 Å². The zero-order valence-electron chi connectivity index (χ0n) is 14.6. The van der Waals surface area contributed by atoms with Crippen LogP contribution in [0.1, 0.15) is 42.3 Å². The van der Waals surface area contributed by atoms with Crippen LogP contribution in [0.15, 0.2) is 18.2 Å². The number of hydrogen-bond donors (Lipinski definition) is 2. The smallest absolute Gasteiger partial charge is 0.408 e. The third-order valence-corrected chi connectivity index (χ3v) is 3.23. The maximum absolute atomic E-state index is 11.9. The van der Waals surface area contributed by atoms with Gasteiger partial charge in [-0.1, -0.05) is 6.07 Å². The molecule has 0 aliphatic heterocycles. The zero-order chi connectivity index (χ0) is 18.5. The van der Waals surface area contributed by atoms with Crippen molar-refractivity contribution in [3.8, 4) is 0 Å². The lowest BCUT2D eigenvalue weighted by Crippen LogP contribution is -2.45.